The number of hydrogen-bond donors (Lipinski definition) is 0. The van der Waals surface area contributed by atoms with E-state index in [0.29, 0.717) is 0 Å². The highest BCUT2D eigenvalue weighted by Gasteiger charge is 1.83. The molecule has 0 aliphatic carbocycles. The molecule has 0 spiro atoms. The molecule has 0 fully saturated rings. The zero-order valence-electron chi connectivity index (χ0n) is 8.25. The van der Waals surface area contributed by atoms with Crippen LogP contribution in [-0.2, 0) is 0 Å². The summed E-state index contributed by atoms with van der Waals surface area (Å²) in [7, 11) is 0. The largest absolute Gasteiger partial charge is 0.262 e. The van der Waals surface area contributed by atoms with Crippen molar-refractivity contribution < 1.29 is 0 Å². The molecule has 0 radical (unpaired) electrons. The Labute approximate surface area is 83.1 Å². The van der Waals surface area contributed by atoms with Crippen molar-refractivity contribution in [1.29, 1.82) is 0 Å². The van der Waals surface area contributed by atoms with Gasteiger partial charge < -0.3 is 0 Å². The highest BCUT2D eigenvalue weighted by Crippen LogP contribution is 1.89. The van der Waals surface area contributed by atoms with Gasteiger partial charge in [0.15, 0.2) is 0 Å². The molecule has 0 amide bonds. The quantitative estimate of drug-likeness (QED) is 0.629. The molecule has 2 rings (SSSR count). The van der Waals surface area contributed by atoms with Crippen LogP contribution in [0.5, 0.6) is 0 Å². The van der Waals surface area contributed by atoms with E-state index in [1.807, 2.05) is 13.8 Å². The van der Waals surface area contributed by atoms with Gasteiger partial charge in [-0.3, -0.25) is 19.9 Å². The molecule has 0 aromatic carbocycles. The lowest BCUT2D eigenvalue weighted by atomic mass is 10.4. The van der Waals surface area contributed by atoms with Crippen LogP contribution in [0.3, 0.4) is 0 Å². The summed E-state index contributed by atoms with van der Waals surface area (Å²) in [6.45, 7) is 3.86. The first-order chi connectivity index (χ1) is 6.79. The minimum atomic E-state index is 0.977. The molecule has 4 nitrogen and oxygen atoms in total. The standard InChI is InChI=1S/C6H8N2.C4H4N2/c1-5-3-7-4-6(2)8-5;1-2-6-4-3-5-1/h3-4H,1-2H3;1-4H. The van der Waals surface area contributed by atoms with Gasteiger partial charge in [0.2, 0.25) is 0 Å². The predicted molar refractivity (Wildman–Crippen MR) is 53.5 cm³/mol. The van der Waals surface area contributed by atoms with E-state index in [2.05, 4.69) is 19.9 Å². The second-order valence-electron chi connectivity index (χ2n) is 2.70. The molecule has 2 aromatic rings. The number of rotatable bonds is 0. The van der Waals surface area contributed by atoms with Gasteiger partial charge in [-0.15, -0.1) is 0 Å². The topological polar surface area (TPSA) is 51.6 Å². The van der Waals surface area contributed by atoms with E-state index >= 15 is 0 Å². The fourth-order valence-electron chi connectivity index (χ4n) is 0.842. The van der Waals surface area contributed by atoms with Gasteiger partial charge in [0, 0.05) is 37.2 Å². The number of aryl methyl sites for hydroxylation is 2. The maximum atomic E-state index is 4.11. The maximum Gasteiger partial charge on any atom is 0.0558 e. The SMILES string of the molecule is Cc1cncc(C)n1.c1cnccn1. The Bertz CT molecular complexity index is 318. The van der Waals surface area contributed by atoms with Crippen LogP contribution in [0.25, 0.3) is 0 Å². The second-order valence-corrected chi connectivity index (χ2v) is 2.70. The van der Waals surface area contributed by atoms with Crippen LogP contribution in [0.2, 0.25) is 0 Å². The lowest BCUT2D eigenvalue weighted by Gasteiger charge is -1.89. The highest BCUT2D eigenvalue weighted by molar-refractivity contribution is 4.98. The lowest BCUT2D eigenvalue weighted by molar-refractivity contribution is 1.05. The average Bonchev–Trinajstić information content (AvgIpc) is 2.21. The molecular formula is C10H12N4. The van der Waals surface area contributed by atoms with Gasteiger partial charge in [0.1, 0.15) is 0 Å². The molecule has 0 atom stereocenters. The average molecular weight is 188 g/mol. The minimum absolute atomic E-state index is 0.977. The summed E-state index contributed by atoms with van der Waals surface area (Å²) in [5, 5.41) is 0. The molecule has 0 aliphatic rings. The van der Waals surface area contributed by atoms with E-state index in [-0.39, 0.29) is 0 Å². The Morgan fingerprint density at radius 2 is 1.14 bits per heavy atom. The van der Waals surface area contributed by atoms with Crippen LogP contribution >= 0.6 is 0 Å². The number of nitrogens with zero attached hydrogens (tertiary/aromatic N) is 4. The summed E-state index contributed by atoms with van der Waals surface area (Å²) in [6, 6.07) is 0. The van der Waals surface area contributed by atoms with Crippen molar-refractivity contribution in [3.63, 3.8) is 0 Å². The van der Waals surface area contributed by atoms with Crippen molar-refractivity contribution in [3.05, 3.63) is 48.6 Å². The van der Waals surface area contributed by atoms with Crippen LogP contribution in [0.4, 0.5) is 0 Å². The molecule has 0 unspecified atom stereocenters. The van der Waals surface area contributed by atoms with E-state index in [0.717, 1.165) is 11.4 Å². The van der Waals surface area contributed by atoms with Crippen LogP contribution in [-0.4, -0.2) is 19.9 Å². The van der Waals surface area contributed by atoms with Gasteiger partial charge in [-0.05, 0) is 13.8 Å². The molecule has 2 aromatic heterocycles. The Morgan fingerprint density at radius 1 is 0.714 bits per heavy atom. The molecular weight excluding hydrogens is 176 g/mol. The van der Waals surface area contributed by atoms with Gasteiger partial charge in [0.25, 0.3) is 0 Å². The predicted octanol–water partition coefficient (Wildman–Crippen LogP) is 1.57. The van der Waals surface area contributed by atoms with Crippen LogP contribution in [0.1, 0.15) is 11.4 Å². The van der Waals surface area contributed by atoms with Crippen LogP contribution in [0.15, 0.2) is 37.2 Å². The minimum Gasteiger partial charge on any atom is -0.262 e. The zero-order chi connectivity index (χ0) is 10.2. The van der Waals surface area contributed by atoms with Crippen molar-refractivity contribution >= 4 is 0 Å². The Balaban J connectivity index is 0.000000146. The van der Waals surface area contributed by atoms with Gasteiger partial charge in [0.05, 0.1) is 11.4 Å². The first kappa shape index (κ1) is 10.2. The fourth-order valence-corrected chi connectivity index (χ4v) is 0.842. The maximum absolute atomic E-state index is 4.11. The normalized spacial score (nSPS) is 8.71. The van der Waals surface area contributed by atoms with E-state index in [1.54, 1.807) is 37.2 Å². The third-order valence-electron chi connectivity index (χ3n) is 1.35. The molecule has 0 bridgehead atoms. The van der Waals surface area contributed by atoms with E-state index in [9.17, 15) is 0 Å². The Hall–Kier alpha value is -1.84. The lowest BCUT2D eigenvalue weighted by Crippen LogP contribution is -1.85. The van der Waals surface area contributed by atoms with Crippen molar-refractivity contribution in [3.8, 4) is 0 Å². The van der Waals surface area contributed by atoms with Crippen LogP contribution in [0, 0.1) is 13.8 Å². The molecule has 4 heteroatoms. The van der Waals surface area contributed by atoms with E-state index in [1.165, 1.54) is 0 Å². The second kappa shape index (κ2) is 5.75. The smallest absolute Gasteiger partial charge is 0.0558 e. The fraction of sp³-hybridized carbons (Fsp3) is 0.200. The zero-order valence-corrected chi connectivity index (χ0v) is 8.25. The Kier molecular flexibility index (Phi) is 4.20. The van der Waals surface area contributed by atoms with Crippen molar-refractivity contribution in [2.75, 3.05) is 0 Å². The first-order valence-electron chi connectivity index (χ1n) is 4.24. The summed E-state index contributed by atoms with van der Waals surface area (Å²) in [6.07, 6.45) is 10.0. The summed E-state index contributed by atoms with van der Waals surface area (Å²) in [5.74, 6) is 0. The Morgan fingerprint density at radius 3 is 1.36 bits per heavy atom. The van der Waals surface area contributed by atoms with Crippen LogP contribution < -0.4 is 0 Å². The van der Waals surface area contributed by atoms with Crippen molar-refractivity contribution in [2.45, 2.75) is 13.8 Å². The van der Waals surface area contributed by atoms with Gasteiger partial charge in [-0.1, -0.05) is 0 Å². The third-order valence-corrected chi connectivity index (χ3v) is 1.35. The molecule has 0 N–H and O–H groups in total. The van der Waals surface area contributed by atoms with Crippen molar-refractivity contribution in [1.82, 2.24) is 19.9 Å². The number of hydrogen-bond acceptors (Lipinski definition) is 4. The van der Waals surface area contributed by atoms with E-state index in [4.69, 9.17) is 0 Å². The van der Waals surface area contributed by atoms with Crippen molar-refractivity contribution in [2.24, 2.45) is 0 Å². The first-order valence-corrected chi connectivity index (χ1v) is 4.24. The van der Waals surface area contributed by atoms with Gasteiger partial charge in [-0.25, -0.2) is 0 Å². The molecule has 72 valence electrons. The number of aromatic nitrogens is 4. The molecule has 14 heavy (non-hydrogen) atoms. The monoisotopic (exact) mass is 188 g/mol. The summed E-state index contributed by atoms with van der Waals surface area (Å²) in [5.41, 5.74) is 1.95. The molecule has 2 heterocycles. The summed E-state index contributed by atoms with van der Waals surface area (Å²) in [4.78, 5) is 15.5. The summed E-state index contributed by atoms with van der Waals surface area (Å²) >= 11 is 0. The summed E-state index contributed by atoms with van der Waals surface area (Å²) < 4.78 is 0. The van der Waals surface area contributed by atoms with E-state index < -0.39 is 0 Å². The van der Waals surface area contributed by atoms with Gasteiger partial charge >= 0.3 is 0 Å². The molecule has 0 aliphatic heterocycles. The third kappa shape index (κ3) is 4.25. The van der Waals surface area contributed by atoms with Gasteiger partial charge in [-0.2, -0.15) is 0 Å². The molecule has 0 saturated heterocycles. The molecule has 0 saturated carbocycles. The highest BCUT2D eigenvalue weighted by atomic mass is 14.8.